The van der Waals surface area contributed by atoms with Crippen molar-refractivity contribution in [3.8, 4) is 0 Å². The molecule has 1 amide bonds. The minimum Gasteiger partial charge on any atom is -0.445 e. The first kappa shape index (κ1) is 35.9. The molecule has 3 aliphatic heterocycles. The van der Waals surface area contributed by atoms with E-state index in [1.54, 1.807) is 9.47 Å². The summed E-state index contributed by atoms with van der Waals surface area (Å²) in [5.41, 5.74) is 4.22. The maximum absolute atomic E-state index is 12.8. The smallest absolute Gasteiger partial charge is 0.410 e. The third kappa shape index (κ3) is 7.48. The Morgan fingerprint density at radius 2 is 1.54 bits per heavy atom. The van der Waals surface area contributed by atoms with Crippen LogP contribution in [-0.2, 0) is 16.1 Å². The molecular weight excluding hydrogens is 688 g/mol. The first-order valence-electron chi connectivity index (χ1n) is 18.6. The maximum atomic E-state index is 12.8. The van der Waals surface area contributed by atoms with Crippen molar-refractivity contribution in [2.24, 2.45) is 0 Å². The standard InChI is InChI=1S/C40H46N8O6/c49-24-32-34(50)35(51)38(54-32)48-26-42-33-36(41-22-31(28-12-6-2-7-13-28)29-14-8-3-9-15-29)43-39(44-37(33)48)47-17-16-30(23-47)45-18-20-46(21-19-45)40(52)53-25-27-10-4-1-5-11-27/h1-15,26,30-32,34-35,38,49-51H,16-25H2,(H,41,43,44)/t30?,32-,34-,35-,38-/m1/s1. The van der Waals surface area contributed by atoms with Crippen LogP contribution in [-0.4, -0.2) is 128 Å². The lowest BCUT2D eigenvalue weighted by atomic mass is 9.91. The third-order valence-electron chi connectivity index (χ3n) is 10.8. The molecule has 5 atom stereocenters. The van der Waals surface area contributed by atoms with Gasteiger partial charge in [0.25, 0.3) is 0 Å². The highest BCUT2D eigenvalue weighted by Crippen LogP contribution is 2.34. The van der Waals surface area contributed by atoms with Gasteiger partial charge in [-0.3, -0.25) is 9.47 Å². The summed E-state index contributed by atoms with van der Waals surface area (Å²) in [6.45, 7) is 4.44. The normalized spacial score (nSPS) is 23.4. The average Bonchev–Trinajstić information content (AvgIpc) is 3.96. The van der Waals surface area contributed by atoms with Crippen LogP contribution in [0, 0.1) is 0 Å². The van der Waals surface area contributed by atoms with E-state index in [0.717, 1.165) is 42.7 Å². The van der Waals surface area contributed by atoms with Crippen molar-refractivity contribution < 1.29 is 29.6 Å². The van der Waals surface area contributed by atoms with Crippen molar-refractivity contribution in [2.75, 3.05) is 62.6 Å². The number of fused-ring (bicyclic) bond motifs is 1. The van der Waals surface area contributed by atoms with Gasteiger partial charge in [-0.1, -0.05) is 91.0 Å². The molecule has 3 fully saturated rings. The van der Waals surface area contributed by atoms with Crippen molar-refractivity contribution in [2.45, 2.75) is 49.5 Å². The molecule has 0 radical (unpaired) electrons. The van der Waals surface area contributed by atoms with Crippen LogP contribution in [0.1, 0.15) is 35.3 Å². The fourth-order valence-corrected chi connectivity index (χ4v) is 7.77. The number of aliphatic hydroxyl groups excluding tert-OH is 3. The Kier molecular flexibility index (Phi) is 10.7. The van der Waals surface area contributed by atoms with Crippen molar-refractivity contribution >= 4 is 29.0 Å². The number of piperazine rings is 1. The molecule has 4 N–H and O–H groups in total. The average molecular weight is 735 g/mol. The van der Waals surface area contributed by atoms with Crippen molar-refractivity contribution in [1.82, 2.24) is 29.3 Å². The molecule has 1 unspecified atom stereocenters. The van der Waals surface area contributed by atoms with E-state index in [9.17, 15) is 20.1 Å². The molecule has 3 aliphatic rings. The summed E-state index contributed by atoms with van der Waals surface area (Å²) in [6.07, 6.45) is -2.34. The second-order valence-corrected chi connectivity index (χ2v) is 14.1. The highest BCUT2D eigenvalue weighted by molar-refractivity contribution is 5.84. The molecule has 14 nitrogen and oxygen atoms in total. The van der Waals surface area contributed by atoms with E-state index in [2.05, 4.69) is 44.4 Å². The van der Waals surface area contributed by atoms with Gasteiger partial charge in [0.2, 0.25) is 5.95 Å². The van der Waals surface area contributed by atoms with Crippen LogP contribution in [0.25, 0.3) is 11.2 Å². The van der Waals surface area contributed by atoms with Crippen LogP contribution in [0.2, 0.25) is 0 Å². The van der Waals surface area contributed by atoms with Gasteiger partial charge >= 0.3 is 6.09 Å². The molecule has 54 heavy (non-hydrogen) atoms. The Morgan fingerprint density at radius 1 is 0.870 bits per heavy atom. The Bertz CT molecular complexity index is 1960. The Morgan fingerprint density at radius 3 is 2.19 bits per heavy atom. The highest BCUT2D eigenvalue weighted by Gasteiger charge is 2.44. The molecule has 282 valence electrons. The van der Waals surface area contributed by atoms with E-state index in [4.69, 9.17) is 19.4 Å². The summed E-state index contributed by atoms with van der Waals surface area (Å²) in [5, 5.41) is 34.9. The fourth-order valence-electron chi connectivity index (χ4n) is 7.77. The van der Waals surface area contributed by atoms with E-state index in [-0.39, 0.29) is 24.7 Å². The molecule has 0 aliphatic carbocycles. The Balaban J connectivity index is 1.01. The molecule has 0 saturated carbocycles. The van der Waals surface area contributed by atoms with Gasteiger partial charge in [-0.25, -0.2) is 9.78 Å². The van der Waals surface area contributed by atoms with Crippen molar-refractivity contribution in [3.63, 3.8) is 0 Å². The number of carbonyl (C=O) groups is 1. The number of anilines is 2. The van der Waals surface area contributed by atoms with Gasteiger partial charge in [0.1, 0.15) is 24.9 Å². The summed E-state index contributed by atoms with van der Waals surface area (Å²) >= 11 is 0. The first-order valence-corrected chi connectivity index (χ1v) is 18.6. The van der Waals surface area contributed by atoms with Gasteiger partial charge in [-0.2, -0.15) is 9.97 Å². The van der Waals surface area contributed by atoms with Gasteiger partial charge in [0.05, 0.1) is 12.9 Å². The predicted octanol–water partition coefficient (Wildman–Crippen LogP) is 3.21. The van der Waals surface area contributed by atoms with Crippen LogP contribution in [0.15, 0.2) is 97.3 Å². The number of ether oxygens (including phenoxy) is 2. The van der Waals surface area contributed by atoms with E-state index in [1.165, 1.54) is 6.33 Å². The predicted molar refractivity (Wildman–Crippen MR) is 202 cm³/mol. The lowest BCUT2D eigenvalue weighted by Crippen LogP contribution is -2.52. The van der Waals surface area contributed by atoms with Gasteiger partial charge in [0, 0.05) is 57.8 Å². The number of imidazole rings is 1. The van der Waals surface area contributed by atoms with E-state index < -0.39 is 31.1 Å². The van der Waals surface area contributed by atoms with Gasteiger partial charge in [-0.15, -0.1) is 0 Å². The van der Waals surface area contributed by atoms with Gasteiger partial charge in [-0.05, 0) is 23.1 Å². The minimum atomic E-state index is -1.29. The SMILES string of the molecule is O=C(OCc1ccccc1)N1CCN(C2CCN(c3nc(NCC(c4ccccc4)c4ccccc4)c4ncn([C@@H]5O[C@H](CO)[C@@H](O)[C@H]5O)c4n3)C2)CC1. The molecule has 5 aromatic rings. The Labute approximate surface area is 313 Å². The van der Waals surface area contributed by atoms with Crippen LogP contribution in [0.5, 0.6) is 0 Å². The summed E-state index contributed by atoms with van der Waals surface area (Å²) in [4.78, 5) is 33.9. The lowest BCUT2D eigenvalue weighted by molar-refractivity contribution is -0.0511. The van der Waals surface area contributed by atoms with Crippen LogP contribution < -0.4 is 10.2 Å². The van der Waals surface area contributed by atoms with Crippen LogP contribution in [0.3, 0.4) is 0 Å². The van der Waals surface area contributed by atoms with E-state index in [1.807, 2.05) is 66.7 Å². The van der Waals surface area contributed by atoms with Gasteiger partial charge in [0.15, 0.2) is 23.2 Å². The second-order valence-electron chi connectivity index (χ2n) is 14.1. The molecular formula is C40H46N8O6. The summed E-state index contributed by atoms with van der Waals surface area (Å²) < 4.78 is 13.1. The molecule has 0 spiro atoms. The number of hydrogen-bond donors (Lipinski definition) is 4. The summed E-state index contributed by atoms with van der Waals surface area (Å²) in [7, 11) is 0. The molecule has 2 aromatic heterocycles. The third-order valence-corrected chi connectivity index (χ3v) is 10.8. The number of carbonyl (C=O) groups excluding carboxylic acids is 1. The molecule has 0 bridgehead atoms. The maximum Gasteiger partial charge on any atom is 0.410 e. The molecule has 5 heterocycles. The number of rotatable bonds is 11. The topological polar surface area (TPSA) is 162 Å². The highest BCUT2D eigenvalue weighted by atomic mass is 16.6. The Hall–Kier alpha value is -5.12. The van der Waals surface area contributed by atoms with Gasteiger partial charge < -0.3 is 39.9 Å². The minimum absolute atomic E-state index is 0.0221. The number of nitrogens with one attached hydrogen (secondary N) is 1. The first-order chi connectivity index (χ1) is 26.5. The van der Waals surface area contributed by atoms with E-state index >= 15 is 0 Å². The van der Waals surface area contributed by atoms with Crippen LogP contribution >= 0.6 is 0 Å². The monoisotopic (exact) mass is 734 g/mol. The lowest BCUT2D eigenvalue weighted by Gasteiger charge is -2.37. The number of aromatic nitrogens is 4. The number of nitrogens with zero attached hydrogens (tertiary/aromatic N) is 7. The number of hydrogen-bond acceptors (Lipinski definition) is 12. The zero-order valence-electron chi connectivity index (χ0n) is 30.0. The number of benzene rings is 3. The summed E-state index contributed by atoms with van der Waals surface area (Å²) in [6, 6.07) is 30.6. The number of amides is 1. The number of aliphatic hydroxyl groups is 3. The van der Waals surface area contributed by atoms with E-state index in [0.29, 0.717) is 49.1 Å². The summed E-state index contributed by atoms with van der Waals surface area (Å²) in [5.74, 6) is 1.08. The quantitative estimate of drug-likeness (QED) is 0.157. The molecule has 3 aromatic carbocycles. The fraction of sp³-hybridized carbons (Fsp3) is 0.400. The largest absolute Gasteiger partial charge is 0.445 e. The van der Waals surface area contributed by atoms with Crippen molar-refractivity contribution in [1.29, 1.82) is 0 Å². The zero-order valence-corrected chi connectivity index (χ0v) is 30.0. The van der Waals surface area contributed by atoms with Crippen molar-refractivity contribution in [3.05, 3.63) is 114 Å². The molecule has 8 rings (SSSR count). The van der Waals surface area contributed by atoms with Crippen LogP contribution in [0.4, 0.5) is 16.6 Å². The molecule has 3 saturated heterocycles. The second kappa shape index (κ2) is 16.1. The zero-order chi connectivity index (χ0) is 37.0. The molecule has 14 heteroatoms.